The molecule has 2 heteroatoms. The average Bonchev–Trinajstić information content (AvgIpc) is 3.35. The van der Waals surface area contributed by atoms with E-state index < -0.39 is 0 Å². The van der Waals surface area contributed by atoms with Crippen LogP contribution in [-0.2, 0) is 25.7 Å². The molecule has 2 aromatic heterocycles. The molecule has 0 saturated heterocycles. The summed E-state index contributed by atoms with van der Waals surface area (Å²) in [5, 5.41) is 2.44. The van der Waals surface area contributed by atoms with Crippen LogP contribution in [0.3, 0.4) is 0 Å². The monoisotopic (exact) mass is 792 g/mol. The second-order valence-corrected chi connectivity index (χ2v) is 16.7. The largest absolute Gasteiger partial charge is 0.223 e. The number of pyridine rings is 2. The zero-order chi connectivity index (χ0) is 41.0. The summed E-state index contributed by atoms with van der Waals surface area (Å²) in [7, 11) is 0. The normalized spacial score (nSPS) is 12.6. The number of rotatable bonds is 6. The van der Waals surface area contributed by atoms with E-state index in [0.717, 1.165) is 25.7 Å². The van der Waals surface area contributed by atoms with Crippen molar-refractivity contribution in [3.8, 4) is 67.4 Å². The minimum absolute atomic E-state index is 0.847. The van der Waals surface area contributed by atoms with Crippen LogP contribution in [0.4, 0.5) is 0 Å². The number of nitrogens with zero attached hydrogens (tertiary/aromatic N) is 2. The molecular formula is C60H44N2+2. The highest BCUT2D eigenvalue weighted by Crippen LogP contribution is 2.42. The summed E-state index contributed by atoms with van der Waals surface area (Å²) in [6.45, 7) is 0. The molecule has 10 aromatic rings. The molecule has 0 spiro atoms. The van der Waals surface area contributed by atoms with Gasteiger partial charge in [0.25, 0.3) is 0 Å². The summed E-state index contributed by atoms with van der Waals surface area (Å²) >= 11 is 0. The Morgan fingerprint density at radius 3 is 1.34 bits per heavy atom. The van der Waals surface area contributed by atoms with Crippen LogP contribution in [0.25, 0.3) is 78.2 Å². The summed E-state index contributed by atoms with van der Waals surface area (Å²) in [5.41, 5.74) is 23.2. The van der Waals surface area contributed by atoms with Gasteiger partial charge in [-0.1, -0.05) is 152 Å². The molecule has 2 nitrogen and oxygen atoms in total. The maximum atomic E-state index is 2.60. The molecule has 0 aliphatic heterocycles. The lowest BCUT2D eigenvalue weighted by Gasteiger charge is -2.24. The van der Waals surface area contributed by atoms with Crippen molar-refractivity contribution >= 4 is 10.8 Å². The van der Waals surface area contributed by atoms with E-state index in [4.69, 9.17) is 0 Å². The van der Waals surface area contributed by atoms with Crippen molar-refractivity contribution in [3.05, 3.63) is 252 Å². The van der Waals surface area contributed by atoms with Crippen molar-refractivity contribution < 1.29 is 9.13 Å². The van der Waals surface area contributed by atoms with Crippen LogP contribution >= 0.6 is 0 Å². The maximum Gasteiger partial charge on any atom is 0.223 e. The minimum atomic E-state index is 0.847. The second kappa shape index (κ2) is 15.1. The molecule has 0 saturated carbocycles. The van der Waals surface area contributed by atoms with E-state index in [-0.39, 0.29) is 0 Å². The van der Waals surface area contributed by atoms with Gasteiger partial charge in [0.2, 0.25) is 28.5 Å². The standard InChI is InChI=1S/C60H44N2/c1-5-19-41(20-6-1)52-39-58(45-26-11-4-12-27-45)62(60-48-30-16-15-23-43(48)35-36-51(52)60)56-34-18-31-49-50(56)32-17-33-55(49)61-57(44-24-9-3-10-25-44)40-53(42-21-7-2-8-22-42)54-37-46-28-13-14-29-47(46)38-59(54)61/h1-34,39-40H,35-38H2/q+2. The van der Waals surface area contributed by atoms with Crippen LogP contribution in [0.2, 0.25) is 0 Å². The third-order valence-corrected chi connectivity index (χ3v) is 13.2. The Bertz CT molecular complexity index is 3320. The van der Waals surface area contributed by atoms with Gasteiger partial charge in [-0.25, -0.2) is 0 Å². The van der Waals surface area contributed by atoms with Gasteiger partial charge in [-0.3, -0.25) is 0 Å². The molecule has 292 valence electrons. The zero-order valence-corrected chi connectivity index (χ0v) is 34.5. The number of aryl methyl sites for hydroxylation is 1. The first-order valence-corrected chi connectivity index (χ1v) is 21.9. The first-order valence-electron chi connectivity index (χ1n) is 21.9. The van der Waals surface area contributed by atoms with Gasteiger partial charge in [0.15, 0.2) is 5.69 Å². The van der Waals surface area contributed by atoms with E-state index in [0.29, 0.717) is 0 Å². The molecule has 0 unspecified atom stereocenters. The van der Waals surface area contributed by atoms with Crippen molar-refractivity contribution in [2.24, 2.45) is 0 Å². The Labute approximate surface area is 363 Å². The molecule has 2 aliphatic carbocycles. The molecule has 0 fully saturated rings. The van der Waals surface area contributed by atoms with Gasteiger partial charge in [0, 0.05) is 52.9 Å². The zero-order valence-electron chi connectivity index (χ0n) is 34.5. The third kappa shape index (κ3) is 6.02. The predicted octanol–water partition coefficient (Wildman–Crippen LogP) is 13.3. The number of fused-ring (bicyclic) bond motifs is 6. The van der Waals surface area contributed by atoms with Crippen LogP contribution in [-0.4, -0.2) is 0 Å². The second-order valence-electron chi connectivity index (χ2n) is 16.7. The van der Waals surface area contributed by atoms with Gasteiger partial charge in [0.05, 0.1) is 22.8 Å². The number of hydrogen-bond acceptors (Lipinski definition) is 0. The molecule has 0 amide bonds. The molecule has 0 radical (unpaired) electrons. The van der Waals surface area contributed by atoms with Crippen LogP contribution in [0.5, 0.6) is 0 Å². The lowest BCUT2D eigenvalue weighted by atomic mass is 9.83. The van der Waals surface area contributed by atoms with Crippen molar-refractivity contribution in [1.29, 1.82) is 0 Å². The smallest absolute Gasteiger partial charge is 0.156 e. The molecule has 8 aromatic carbocycles. The van der Waals surface area contributed by atoms with Crippen LogP contribution in [0.15, 0.2) is 218 Å². The summed E-state index contributed by atoms with van der Waals surface area (Å²) in [6.07, 6.45) is 3.72. The Balaban J connectivity index is 1.18. The summed E-state index contributed by atoms with van der Waals surface area (Å²) < 4.78 is 5.19. The van der Waals surface area contributed by atoms with Gasteiger partial charge >= 0.3 is 0 Å². The third-order valence-electron chi connectivity index (χ3n) is 13.2. The molecule has 12 rings (SSSR count). The molecular weight excluding hydrogens is 749 g/mol. The predicted molar refractivity (Wildman–Crippen MR) is 254 cm³/mol. The van der Waals surface area contributed by atoms with E-state index in [2.05, 4.69) is 228 Å². The van der Waals surface area contributed by atoms with Crippen molar-refractivity contribution in [2.75, 3.05) is 0 Å². The Hall–Kier alpha value is -7.68. The molecule has 0 atom stereocenters. The van der Waals surface area contributed by atoms with Crippen molar-refractivity contribution in [2.45, 2.75) is 25.7 Å². The van der Waals surface area contributed by atoms with Crippen LogP contribution in [0.1, 0.15) is 33.5 Å². The average molecular weight is 793 g/mol. The minimum Gasteiger partial charge on any atom is -0.156 e. The van der Waals surface area contributed by atoms with E-state index in [9.17, 15) is 0 Å². The quantitative estimate of drug-likeness (QED) is 0.148. The van der Waals surface area contributed by atoms with Crippen LogP contribution in [0, 0.1) is 0 Å². The van der Waals surface area contributed by atoms with Gasteiger partial charge in [-0.2, -0.15) is 9.13 Å². The molecule has 2 heterocycles. The topological polar surface area (TPSA) is 7.76 Å². The number of aromatic nitrogens is 2. The number of benzene rings is 8. The van der Waals surface area contributed by atoms with Crippen molar-refractivity contribution in [3.63, 3.8) is 0 Å². The fourth-order valence-electron chi connectivity index (χ4n) is 10.4. The highest BCUT2D eigenvalue weighted by atomic mass is 15.0. The fourth-order valence-corrected chi connectivity index (χ4v) is 10.4. The van der Waals surface area contributed by atoms with E-state index in [1.165, 1.54) is 112 Å². The molecule has 0 N–H and O–H groups in total. The lowest BCUT2D eigenvalue weighted by Crippen LogP contribution is -2.42. The van der Waals surface area contributed by atoms with E-state index in [1.54, 1.807) is 0 Å². The summed E-state index contributed by atoms with van der Waals surface area (Å²) in [6, 6.07) is 80.8. The van der Waals surface area contributed by atoms with Gasteiger partial charge in [0.1, 0.15) is 0 Å². The van der Waals surface area contributed by atoms with E-state index in [1.807, 2.05) is 0 Å². The SMILES string of the molecule is c1ccc(-c2cc(-c3ccccc3)[n+](-c3cccc4c(-[n+]5c(-c6ccccc6)cc(-c6ccccc6)c6c5-c5ccccc5CC6)cccc34)c3c2Cc2ccccc2C3)cc1. The van der Waals surface area contributed by atoms with E-state index >= 15 is 0 Å². The maximum absolute atomic E-state index is 2.60. The fraction of sp³-hybridized carbons (Fsp3) is 0.0667. The summed E-state index contributed by atoms with van der Waals surface area (Å²) in [4.78, 5) is 0. The first kappa shape index (κ1) is 36.2. The Morgan fingerprint density at radius 1 is 0.306 bits per heavy atom. The van der Waals surface area contributed by atoms with Crippen molar-refractivity contribution in [1.82, 2.24) is 0 Å². The Kier molecular flexibility index (Phi) is 8.81. The summed E-state index contributed by atoms with van der Waals surface area (Å²) in [5.74, 6) is 0. The molecule has 0 bridgehead atoms. The molecule has 62 heavy (non-hydrogen) atoms. The molecule has 2 aliphatic rings. The Morgan fingerprint density at radius 2 is 0.758 bits per heavy atom. The van der Waals surface area contributed by atoms with Gasteiger partial charge in [-0.05, 0) is 94.3 Å². The highest BCUT2D eigenvalue weighted by molar-refractivity contribution is 5.94. The van der Waals surface area contributed by atoms with Gasteiger partial charge in [-0.15, -0.1) is 0 Å². The van der Waals surface area contributed by atoms with Gasteiger partial charge < -0.3 is 0 Å². The highest BCUT2D eigenvalue weighted by Gasteiger charge is 2.36. The lowest BCUT2D eigenvalue weighted by molar-refractivity contribution is -0.591. The number of hydrogen-bond donors (Lipinski definition) is 0. The van der Waals surface area contributed by atoms with Crippen LogP contribution < -0.4 is 9.13 Å². The first-order chi connectivity index (χ1) is 30.8.